The first-order valence-corrected chi connectivity index (χ1v) is 6.94. The maximum absolute atomic E-state index is 9.64. The number of aliphatic hydroxyl groups excluding tert-OH is 1. The Hall–Kier alpha value is -4.01. The average Bonchev–Trinajstić information content (AvgIpc) is 2.51. The van der Waals surface area contributed by atoms with Crippen LogP contribution in [0.25, 0.3) is 0 Å². The van der Waals surface area contributed by atoms with Crippen molar-refractivity contribution in [3.63, 3.8) is 0 Å². The number of hydrogen-bond donors (Lipinski definition) is 8. The summed E-state index contributed by atoms with van der Waals surface area (Å²) >= 11 is 0. The van der Waals surface area contributed by atoms with E-state index in [4.69, 9.17) is 40.9 Å². The van der Waals surface area contributed by atoms with Crippen LogP contribution in [0, 0.1) is 0 Å². The summed E-state index contributed by atoms with van der Waals surface area (Å²) in [6, 6.07) is 0. The van der Waals surface area contributed by atoms with Gasteiger partial charge in [-0.05, 0) is 6.92 Å². The van der Waals surface area contributed by atoms with E-state index in [0.29, 0.717) is 12.2 Å². The van der Waals surface area contributed by atoms with Crippen LogP contribution in [0.4, 0.5) is 0 Å². The molecule has 0 radical (unpaired) electrons. The summed E-state index contributed by atoms with van der Waals surface area (Å²) in [5, 5.41) is 62.6. The third-order valence-electron chi connectivity index (χ3n) is 1.58. The molecule has 1 atom stereocenters. The van der Waals surface area contributed by atoms with Crippen molar-refractivity contribution < 1.29 is 74.4 Å². The number of aliphatic carboxylic acids is 7. The molecule has 0 amide bonds. The fraction of sp³-hybridized carbons (Fsp3) is 0.357. The maximum Gasteiger partial charge on any atom is 0.332 e. The highest BCUT2D eigenvalue weighted by molar-refractivity contribution is 5.89. The van der Waals surface area contributed by atoms with Crippen molar-refractivity contribution in [2.75, 3.05) is 0 Å². The summed E-state index contributed by atoms with van der Waals surface area (Å²) in [7, 11) is 0. The van der Waals surface area contributed by atoms with E-state index >= 15 is 0 Å². The average molecular weight is 428 g/mol. The Balaban J connectivity index is -0.000000145. The van der Waals surface area contributed by atoms with Gasteiger partial charge in [0.05, 0.1) is 12.8 Å². The fourth-order valence-corrected chi connectivity index (χ4v) is 0.486. The van der Waals surface area contributed by atoms with Gasteiger partial charge in [0.2, 0.25) is 0 Å². The van der Waals surface area contributed by atoms with Crippen molar-refractivity contribution >= 4 is 41.8 Å². The van der Waals surface area contributed by atoms with Crippen molar-refractivity contribution in [3.8, 4) is 0 Å². The zero-order chi connectivity index (χ0) is 24.2. The Kier molecular flexibility index (Phi) is 22.9. The van der Waals surface area contributed by atoms with E-state index in [1.807, 2.05) is 0 Å². The van der Waals surface area contributed by atoms with Crippen LogP contribution in [0.1, 0.15) is 26.2 Å². The first kappa shape index (κ1) is 32.6. The molecule has 0 aromatic rings. The van der Waals surface area contributed by atoms with Gasteiger partial charge >= 0.3 is 41.8 Å². The van der Waals surface area contributed by atoms with Gasteiger partial charge in [0, 0.05) is 12.2 Å². The summed E-state index contributed by atoms with van der Waals surface area (Å²) in [4.78, 5) is 66.7. The second-order valence-corrected chi connectivity index (χ2v) is 4.28. The van der Waals surface area contributed by atoms with Gasteiger partial charge in [-0.25, -0.2) is 14.4 Å². The summed E-state index contributed by atoms with van der Waals surface area (Å²) in [6.07, 6.45) is -1.51. The molecule has 0 aromatic heterocycles. The SMILES string of the molecule is CC(O)C(=O)O.O=C(O)C=CC(=O)O.O=C(O)CC(=O)O.O=C(O)CCC(=O)O. The Morgan fingerprint density at radius 1 is 0.621 bits per heavy atom. The fourth-order valence-electron chi connectivity index (χ4n) is 0.486. The van der Waals surface area contributed by atoms with E-state index in [1.165, 1.54) is 6.92 Å². The summed E-state index contributed by atoms with van der Waals surface area (Å²) in [5.41, 5.74) is 0. The molecular formula is C14H20O15. The molecule has 8 N–H and O–H groups in total. The topological polar surface area (TPSA) is 281 Å². The lowest BCUT2D eigenvalue weighted by Crippen LogP contribution is -2.13. The van der Waals surface area contributed by atoms with Crippen molar-refractivity contribution in [1.29, 1.82) is 0 Å². The second-order valence-electron chi connectivity index (χ2n) is 4.28. The number of carboxylic acids is 7. The molecule has 0 aliphatic heterocycles. The smallest absolute Gasteiger partial charge is 0.332 e. The minimum Gasteiger partial charge on any atom is -0.481 e. The molecule has 0 bridgehead atoms. The molecule has 1 unspecified atom stereocenters. The quantitative estimate of drug-likeness (QED) is 0.164. The maximum atomic E-state index is 9.64. The van der Waals surface area contributed by atoms with Crippen LogP contribution in [-0.4, -0.2) is 88.7 Å². The van der Waals surface area contributed by atoms with Gasteiger partial charge in [0.1, 0.15) is 12.5 Å². The first-order chi connectivity index (χ1) is 13.0. The van der Waals surface area contributed by atoms with E-state index in [9.17, 15) is 33.6 Å². The van der Waals surface area contributed by atoms with Crippen molar-refractivity contribution in [2.45, 2.75) is 32.3 Å². The van der Waals surface area contributed by atoms with Crippen LogP contribution in [0.2, 0.25) is 0 Å². The largest absolute Gasteiger partial charge is 0.481 e. The number of carbonyl (C=O) groups is 7. The normalized spacial score (nSPS) is 9.72. The Morgan fingerprint density at radius 3 is 0.931 bits per heavy atom. The lowest BCUT2D eigenvalue weighted by atomic mass is 10.3. The van der Waals surface area contributed by atoms with Gasteiger partial charge in [-0.1, -0.05) is 0 Å². The third kappa shape index (κ3) is 59.3. The summed E-state index contributed by atoms with van der Waals surface area (Å²) < 4.78 is 0. The van der Waals surface area contributed by atoms with Crippen molar-refractivity contribution in [2.24, 2.45) is 0 Å². The van der Waals surface area contributed by atoms with Crippen molar-refractivity contribution in [3.05, 3.63) is 12.2 Å². The lowest BCUT2D eigenvalue weighted by molar-refractivity contribution is -0.148. The molecule has 29 heavy (non-hydrogen) atoms. The monoisotopic (exact) mass is 428 g/mol. The van der Waals surface area contributed by atoms with Gasteiger partial charge in [0.15, 0.2) is 0 Å². The Bertz CT molecular complexity index is 560. The third-order valence-corrected chi connectivity index (χ3v) is 1.58. The van der Waals surface area contributed by atoms with E-state index in [0.717, 1.165) is 0 Å². The van der Waals surface area contributed by atoms with Gasteiger partial charge in [-0.2, -0.15) is 0 Å². The van der Waals surface area contributed by atoms with Crippen LogP contribution in [0.3, 0.4) is 0 Å². The number of rotatable bonds is 8. The second kappa shape index (κ2) is 20.3. The molecule has 15 heteroatoms. The van der Waals surface area contributed by atoms with Gasteiger partial charge in [-0.15, -0.1) is 0 Å². The minimum absolute atomic E-state index is 0.296. The molecule has 0 aliphatic carbocycles. The van der Waals surface area contributed by atoms with E-state index in [1.54, 1.807) is 0 Å². The zero-order valence-corrected chi connectivity index (χ0v) is 14.8. The van der Waals surface area contributed by atoms with Crippen LogP contribution < -0.4 is 0 Å². The Morgan fingerprint density at radius 2 is 0.862 bits per heavy atom. The van der Waals surface area contributed by atoms with Crippen LogP contribution in [0.15, 0.2) is 12.2 Å². The van der Waals surface area contributed by atoms with E-state index < -0.39 is 54.3 Å². The molecule has 0 aromatic carbocycles. The summed E-state index contributed by atoms with van der Waals surface area (Å²) in [5.74, 6) is -8.48. The van der Waals surface area contributed by atoms with Crippen LogP contribution >= 0.6 is 0 Å². The molecule has 0 fully saturated rings. The molecule has 166 valence electrons. The predicted octanol–water partition coefficient (Wildman–Crippen LogP) is -1.35. The Labute approximate surface area is 161 Å². The highest BCUT2D eigenvalue weighted by Crippen LogP contribution is 1.86. The molecule has 0 spiro atoms. The molecule has 0 saturated carbocycles. The molecule has 0 aliphatic rings. The lowest BCUT2D eigenvalue weighted by Gasteiger charge is -1.89. The molecular weight excluding hydrogens is 408 g/mol. The standard InChI is InChI=1S/C4H6O4.C4H4O4.C3H4O4.C3H6O3/c2*5-3(6)1-2-4(7)8;4-2(5)1-3(6)7;1-2(4)3(5)6/h1-2H2,(H,5,6)(H,7,8);1-2H,(H,5,6)(H,7,8);1H2,(H,4,5)(H,6,7);2,4H,1H3,(H,5,6). The molecule has 15 nitrogen and oxygen atoms in total. The number of hydrogen-bond acceptors (Lipinski definition) is 8. The van der Waals surface area contributed by atoms with E-state index in [2.05, 4.69) is 0 Å². The zero-order valence-electron chi connectivity index (χ0n) is 14.8. The van der Waals surface area contributed by atoms with Crippen molar-refractivity contribution in [1.82, 2.24) is 0 Å². The number of carboxylic acid groups (broad SMARTS) is 7. The molecule has 0 saturated heterocycles. The van der Waals surface area contributed by atoms with Gasteiger partial charge in [0.25, 0.3) is 0 Å². The van der Waals surface area contributed by atoms with E-state index in [-0.39, 0.29) is 12.8 Å². The minimum atomic E-state index is -1.31. The van der Waals surface area contributed by atoms with Gasteiger partial charge < -0.3 is 40.9 Å². The predicted molar refractivity (Wildman–Crippen MR) is 88.1 cm³/mol. The highest BCUT2D eigenvalue weighted by Gasteiger charge is 2.02. The number of aliphatic hydroxyl groups is 1. The van der Waals surface area contributed by atoms with Gasteiger partial charge in [-0.3, -0.25) is 19.2 Å². The summed E-state index contributed by atoms with van der Waals surface area (Å²) in [6.45, 7) is 1.20. The van der Waals surface area contributed by atoms with Crippen LogP contribution in [-0.2, 0) is 33.6 Å². The molecule has 0 rings (SSSR count). The molecule has 0 heterocycles. The van der Waals surface area contributed by atoms with Crippen LogP contribution in [0.5, 0.6) is 0 Å². The first-order valence-electron chi connectivity index (χ1n) is 6.94. The highest BCUT2D eigenvalue weighted by atomic mass is 16.4.